The number of hydrogen-bond donors (Lipinski definition) is 1. The van der Waals surface area contributed by atoms with E-state index in [1.165, 1.54) is 0 Å². The van der Waals surface area contributed by atoms with Gasteiger partial charge < -0.3 is 10.1 Å². The summed E-state index contributed by atoms with van der Waals surface area (Å²) in [6, 6.07) is 6.50. The van der Waals surface area contributed by atoms with Gasteiger partial charge in [0.25, 0.3) is 0 Å². The highest BCUT2D eigenvalue weighted by atomic mass is 79.9. The van der Waals surface area contributed by atoms with Crippen molar-refractivity contribution in [1.29, 1.82) is 0 Å². The van der Waals surface area contributed by atoms with Crippen LogP contribution in [0.5, 0.6) is 5.75 Å². The number of rotatable bonds is 4. The van der Waals surface area contributed by atoms with Gasteiger partial charge in [-0.05, 0) is 31.0 Å². The normalized spacial score (nSPS) is 23.9. The fourth-order valence-corrected chi connectivity index (χ4v) is 3.84. The number of benzene rings is 1. The summed E-state index contributed by atoms with van der Waals surface area (Å²) in [5, 5.41) is 3.53. The Morgan fingerprint density at radius 2 is 2.17 bits per heavy atom. The Morgan fingerprint density at radius 1 is 1.44 bits per heavy atom. The zero-order chi connectivity index (χ0) is 13.0. The molecule has 2 rings (SSSR count). The molecule has 0 unspecified atom stereocenters. The van der Waals surface area contributed by atoms with Crippen LogP contribution in [0.4, 0.5) is 0 Å². The second-order valence-corrected chi connectivity index (χ2v) is 7.07. The summed E-state index contributed by atoms with van der Waals surface area (Å²) in [7, 11) is 1.10. The highest BCUT2D eigenvalue weighted by Crippen LogP contribution is 2.23. The van der Waals surface area contributed by atoms with Crippen molar-refractivity contribution in [2.24, 2.45) is 0 Å². The first-order chi connectivity index (χ1) is 8.69. The molecule has 0 atom stereocenters. The molecular formula is C13H18BrNO2S. The molecule has 1 aromatic carbocycles. The molecule has 0 bridgehead atoms. The van der Waals surface area contributed by atoms with E-state index in [0.717, 1.165) is 46.7 Å². The Labute approximate surface area is 119 Å². The van der Waals surface area contributed by atoms with E-state index in [9.17, 15) is 4.21 Å². The SMILES string of the molecule is COc1ccc(Br)cc1CNC1CCS(=O)CC1. The van der Waals surface area contributed by atoms with Crippen molar-refractivity contribution in [2.75, 3.05) is 18.6 Å². The maximum atomic E-state index is 11.3. The molecule has 1 aromatic rings. The van der Waals surface area contributed by atoms with E-state index in [1.54, 1.807) is 7.11 Å². The van der Waals surface area contributed by atoms with Gasteiger partial charge in [0.05, 0.1) is 7.11 Å². The van der Waals surface area contributed by atoms with Crippen LogP contribution in [0.2, 0.25) is 0 Å². The van der Waals surface area contributed by atoms with Crippen molar-refractivity contribution in [3.63, 3.8) is 0 Å². The second kappa shape index (κ2) is 6.68. The number of nitrogens with one attached hydrogen (secondary N) is 1. The number of methoxy groups -OCH3 is 1. The average molecular weight is 332 g/mol. The molecule has 0 aromatic heterocycles. The molecule has 1 saturated heterocycles. The molecule has 1 fully saturated rings. The van der Waals surface area contributed by atoms with Gasteiger partial charge in [0.15, 0.2) is 0 Å². The summed E-state index contributed by atoms with van der Waals surface area (Å²) in [6.07, 6.45) is 2.01. The second-order valence-electron chi connectivity index (χ2n) is 4.46. The molecule has 1 aliphatic rings. The zero-order valence-electron chi connectivity index (χ0n) is 10.4. The molecule has 5 heteroatoms. The van der Waals surface area contributed by atoms with E-state index < -0.39 is 10.8 Å². The highest BCUT2D eigenvalue weighted by Gasteiger charge is 2.17. The smallest absolute Gasteiger partial charge is 0.123 e. The molecule has 18 heavy (non-hydrogen) atoms. The van der Waals surface area contributed by atoms with E-state index in [0.29, 0.717) is 6.04 Å². The van der Waals surface area contributed by atoms with Crippen LogP contribution in [0.3, 0.4) is 0 Å². The van der Waals surface area contributed by atoms with Crippen molar-refractivity contribution in [3.8, 4) is 5.75 Å². The van der Waals surface area contributed by atoms with Gasteiger partial charge in [-0.1, -0.05) is 15.9 Å². The molecule has 0 aliphatic carbocycles. The maximum absolute atomic E-state index is 11.3. The Kier molecular flexibility index (Phi) is 5.21. The van der Waals surface area contributed by atoms with E-state index in [-0.39, 0.29) is 0 Å². The standard InChI is InChI=1S/C13H18BrNO2S/c1-17-13-3-2-11(14)8-10(13)9-15-12-4-6-18(16)7-5-12/h2-3,8,12,15H,4-7,9H2,1H3. The average Bonchev–Trinajstić information content (AvgIpc) is 2.38. The predicted octanol–water partition coefficient (Wildman–Crippen LogP) is 2.46. The minimum Gasteiger partial charge on any atom is -0.496 e. The van der Waals surface area contributed by atoms with E-state index >= 15 is 0 Å². The summed E-state index contributed by atoms with van der Waals surface area (Å²) in [6.45, 7) is 0.792. The predicted molar refractivity (Wildman–Crippen MR) is 78.4 cm³/mol. The molecule has 0 saturated carbocycles. The van der Waals surface area contributed by atoms with Crippen LogP contribution >= 0.6 is 15.9 Å². The van der Waals surface area contributed by atoms with E-state index in [2.05, 4.69) is 27.3 Å². The molecule has 0 amide bonds. The molecule has 1 heterocycles. The van der Waals surface area contributed by atoms with Crippen molar-refractivity contribution in [1.82, 2.24) is 5.32 Å². The maximum Gasteiger partial charge on any atom is 0.123 e. The van der Waals surface area contributed by atoms with Crippen LogP contribution in [0.1, 0.15) is 18.4 Å². The lowest BCUT2D eigenvalue weighted by Crippen LogP contribution is -2.35. The molecule has 0 radical (unpaired) electrons. The molecule has 100 valence electrons. The highest BCUT2D eigenvalue weighted by molar-refractivity contribution is 9.10. The Morgan fingerprint density at radius 3 is 2.83 bits per heavy atom. The summed E-state index contributed by atoms with van der Waals surface area (Å²) < 4.78 is 17.7. The Balaban J connectivity index is 1.93. The molecule has 3 nitrogen and oxygen atoms in total. The van der Waals surface area contributed by atoms with Crippen LogP contribution in [0.15, 0.2) is 22.7 Å². The molecule has 0 spiro atoms. The van der Waals surface area contributed by atoms with Crippen LogP contribution in [0.25, 0.3) is 0 Å². The Bertz CT molecular complexity index is 429. The topological polar surface area (TPSA) is 38.3 Å². The lowest BCUT2D eigenvalue weighted by molar-refractivity contribution is 0.402. The largest absolute Gasteiger partial charge is 0.496 e. The van der Waals surface area contributed by atoms with Gasteiger partial charge in [-0.2, -0.15) is 0 Å². The molecular weight excluding hydrogens is 314 g/mol. The molecule has 1 N–H and O–H groups in total. The first-order valence-electron chi connectivity index (χ1n) is 6.10. The van der Waals surface area contributed by atoms with E-state index in [4.69, 9.17) is 4.74 Å². The van der Waals surface area contributed by atoms with Crippen molar-refractivity contribution in [2.45, 2.75) is 25.4 Å². The lowest BCUT2D eigenvalue weighted by atomic mass is 10.1. The Hall–Kier alpha value is -0.390. The van der Waals surface area contributed by atoms with Gasteiger partial charge in [-0.25, -0.2) is 0 Å². The van der Waals surface area contributed by atoms with Crippen molar-refractivity contribution < 1.29 is 8.95 Å². The fourth-order valence-electron chi connectivity index (χ4n) is 2.14. The van der Waals surface area contributed by atoms with Gasteiger partial charge in [-0.15, -0.1) is 0 Å². The third-order valence-corrected chi connectivity index (χ3v) is 5.09. The van der Waals surface area contributed by atoms with Crippen molar-refractivity contribution in [3.05, 3.63) is 28.2 Å². The summed E-state index contributed by atoms with van der Waals surface area (Å²) in [5.74, 6) is 2.56. The van der Waals surface area contributed by atoms with Gasteiger partial charge in [0.1, 0.15) is 5.75 Å². The minimum atomic E-state index is -0.591. The third-order valence-electron chi connectivity index (χ3n) is 3.21. The third kappa shape index (κ3) is 3.80. The summed E-state index contributed by atoms with van der Waals surface area (Å²) >= 11 is 3.48. The minimum absolute atomic E-state index is 0.478. The van der Waals surface area contributed by atoms with Crippen molar-refractivity contribution >= 4 is 26.7 Å². The van der Waals surface area contributed by atoms with E-state index in [1.807, 2.05) is 12.1 Å². The molecule has 1 aliphatic heterocycles. The quantitative estimate of drug-likeness (QED) is 0.921. The van der Waals surface area contributed by atoms with Gasteiger partial charge in [0.2, 0.25) is 0 Å². The van der Waals surface area contributed by atoms with Crippen LogP contribution in [-0.4, -0.2) is 28.9 Å². The number of hydrogen-bond acceptors (Lipinski definition) is 3. The summed E-state index contributed by atoms with van der Waals surface area (Å²) in [4.78, 5) is 0. The summed E-state index contributed by atoms with van der Waals surface area (Å²) in [5.41, 5.74) is 1.15. The van der Waals surface area contributed by atoms with Gasteiger partial charge in [0, 0.05) is 44.9 Å². The fraction of sp³-hybridized carbons (Fsp3) is 0.538. The van der Waals surface area contributed by atoms with Gasteiger partial charge >= 0.3 is 0 Å². The van der Waals surface area contributed by atoms with Gasteiger partial charge in [-0.3, -0.25) is 4.21 Å². The first kappa shape index (κ1) is 14.0. The lowest BCUT2D eigenvalue weighted by Gasteiger charge is -2.23. The first-order valence-corrected chi connectivity index (χ1v) is 8.38. The number of halogens is 1. The van der Waals surface area contributed by atoms with Crippen LogP contribution < -0.4 is 10.1 Å². The zero-order valence-corrected chi connectivity index (χ0v) is 12.9. The number of ether oxygens (including phenoxy) is 1. The van der Waals surface area contributed by atoms with Crippen LogP contribution in [-0.2, 0) is 17.3 Å². The monoisotopic (exact) mass is 331 g/mol. The van der Waals surface area contributed by atoms with Crippen LogP contribution in [0, 0.1) is 0 Å².